The Morgan fingerprint density at radius 2 is 2.06 bits per heavy atom. The summed E-state index contributed by atoms with van der Waals surface area (Å²) >= 11 is 0. The molecule has 96 valence electrons. The molecule has 1 aromatic carbocycles. The van der Waals surface area contributed by atoms with Gasteiger partial charge in [0, 0.05) is 18.3 Å². The molecule has 6 heteroatoms. The lowest BCUT2D eigenvalue weighted by Gasteiger charge is -2.15. The smallest absolute Gasteiger partial charge is 0.240 e. The van der Waals surface area contributed by atoms with Gasteiger partial charge in [-0.15, -0.1) is 0 Å². The van der Waals surface area contributed by atoms with Gasteiger partial charge in [-0.2, -0.15) is 0 Å². The van der Waals surface area contributed by atoms with Crippen molar-refractivity contribution in [2.24, 2.45) is 5.73 Å². The maximum atomic E-state index is 11.8. The maximum Gasteiger partial charge on any atom is 0.240 e. The molecule has 1 aromatic rings. The monoisotopic (exact) mass is 257 g/mol. The third-order valence-electron chi connectivity index (χ3n) is 2.51. The molecular formula is C11H19N3O2S. The Hall–Kier alpha value is -1.11. The summed E-state index contributed by atoms with van der Waals surface area (Å²) in [5.41, 5.74) is 6.97. The number of aryl methyl sites for hydroxylation is 1. The van der Waals surface area contributed by atoms with Crippen molar-refractivity contribution in [3.8, 4) is 0 Å². The van der Waals surface area contributed by atoms with Crippen LogP contribution in [0.1, 0.15) is 12.5 Å². The van der Waals surface area contributed by atoms with Crippen molar-refractivity contribution >= 4 is 15.7 Å². The minimum atomic E-state index is -3.42. The van der Waals surface area contributed by atoms with Crippen LogP contribution in [0.3, 0.4) is 0 Å². The Morgan fingerprint density at radius 1 is 1.41 bits per heavy atom. The summed E-state index contributed by atoms with van der Waals surface area (Å²) in [6, 6.07) is 5.34. The molecule has 0 heterocycles. The highest BCUT2D eigenvalue weighted by molar-refractivity contribution is 7.89. The second-order valence-electron chi connectivity index (χ2n) is 3.97. The Labute approximate surface area is 102 Å². The highest BCUT2D eigenvalue weighted by Gasteiger charge is 2.15. The second-order valence-corrected chi connectivity index (χ2v) is 5.82. The zero-order valence-corrected chi connectivity index (χ0v) is 11.1. The summed E-state index contributed by atoms with van der Waals surface area (Å²) in [6.45, 7) is 4.19. The zero-order valence-electron chi connectivity index (χ0n) is 10.3. The topological polar surface area (TPSA) is 84.2 Å². The summed E-state index contributed by atoms with van der Waals surface area (Å²) in [5.74, 6) is 0. The van der Waals surface area contributed by atoms with Crippen LogP contribution in [-0.2, 0) is 10.0 Å². The fourth-order valence-corrected chi connectivity index (χ4v) is 2.43. The lowest BCUT2D eigenvalue weighted by Crippen LogP contribution is -2.25. The molecule has 0 saturated heterocycles. The van der Waals surface area contributed by atoms with Crippen molar-refractivity contribution in [3.05, 3.63) is 23.8 Å². The Balaban J connectivity index is 3.11. The van der Waals surface area contributed by atoms with Crippen LogP contribution in [0.2, 0.25) is 0 Å². The van der Waals surface area contributed by atoms with Gasteiger partial charge in [-0.1, -0.05) is 6.07 Å². The standard InChI is InChI=1S/C11H19N3O2S/c1-8-4-5-10(14-9(2)7-12)6-11(8)17(15,16)13-3/h4-6,9,13-14H,7,12H2,1-3H3. The first kappa shape index (κ1) is 14.0. The fraction of sp³-hybridized carbons (Fsp3) is 0.455. The first-order chi connectivity index (χ1) is 7.90. The zero-order chi connectivity index (χ0) is 13.1. The van der Waals surface area contributed by atoms with Gasteiger partial charge in [-0.05, 0) is 38.6 Å². The molecule has 0 radical (unpaired) electrons. The Kier molecular flexibility index (Phi) is 4.50. The van der Waals surface area contributed by atoms with Gasteiger partial charge in [-0.3, -0.25) is 0 Å². The highest BCUT2D eigenvalue weighted by atomic mass is 32.2. The molecule has 0 amide bonds. The van der Waals surface area contributed by atoms with Crippen LogP contribution in [0.15, 0.2) is 23.1 Å². The molecule has 17 heavy (non-hydrogen) atoms. The van der Waals surface area contributed by atoms with E-state index in [9.17, 15) is 8.42 Å². The third-order valence-corrected chi connectivity index (χ3v) is 4.07. The molecule has 0 aliphatic rings. The van der Waals surface area contributed by atoms with Gasteiger partial charge < -0.3 is 11.1 Å². The molecule has 0 aliphatic carbocycles. The van der Waals surface area contributed by atoms with Gasteiger partial charge in [0.1, 0.15) is 0 Å². The molecule has 0 aromatic heterocycles. The molecule has 4 N–H and O–H groups in total. The minimum absolute atomic E-state index is 0.0999. The first-order valence-corrected chi connectivity index (χ1v) is 6.90. The van der Waals surface area contributed by atoms with Crippen molar-refractivity contribution in [1.29, 1.82) is 0 Å². The normalized spacial score (nSPS) is 13.4. The van der Waals surface area contributed by atoms with E-state index in [1.807, 2.05) is 13.0 Å². The molecule has 0 spiro atoms. The number of rotatable bonds is 5. The van der Waals surface area contributed by atoms with E-state index in [2.05, 4.69) is 10.0 Å². The number of anilines is 1. The summed E-state index contributed by atoms with van der Waals surface area (Å²) in [4.78, 5) is 0.286. The molecule has 0 aliphatic heterocycles. The molecule has 5 nitrogen and oxygen atoms in total. The summed E-state index contributed by atoms with van der Waals surface area (Å²) in [6.07, 6.45) is 0. The molecule has 0 bridgehead atoms. The number of benzene rings is 1. The summed E-state index contributed by atoms with van der Waals surface area (Å²) < 4.78 is 25.8. The molecule has 0 fully saturated rings. The van der Waals surface area contributed by atoms with Crippen LogP contribution in [0.4, 0.5) is 5.69 Å². The van der Waals surface area contributed by atoms with E-state index in [0.717, 1.165) is 5.69 Å². The number of nitrogens with two attached hydrogens (primary N) is 1. The summed E-state index contributed by atoms with van der Waals surface area (Å²) in [5, 5.41) is 3.14. The van der Waals surface area contributed by atoms with Gasteiger partial charge in [0.2, 0.25) is 10.0 Å². The largest absolute Gasteiger partial charge is 0.381 e. The van der Waals surface area contributed by atoms with Crippen molar-refractivity contribution in [1.82, 2.24) is 4.72 Å². The molecule has 1 atom stereocenters. The third kappa shape index (κ3) is 3.42. The van der Waals surface area contributed by atoms with E-state index in [4.69, 9.17) is 5.73 Å². The van der Waals surface area contributed by atoms with Crippen molar-refractivity contribution in [3.63, 3.8) is 0 Å². The molecule has 1 unspecified atom stereocenters. The Morgan fingerprint density at radius 3 is 2.59 bits per heavy atom. The van der Waals surface area contributed by atoms with Gasteiger partial charge >= 0.3 is 0 Å². The number of hydrogen-bond donors (Lipinski definition) is 3. The quantitative estimate of drug-likeness (QED) is 0.723. The van der Waals surface area contributed by atoms with Gasteiger partial charge in [0.05, 0.1) is 4.90 Å². The Bertz CT molecular complexity index is 485. The van der Waals surface area contributed by atoms with Gasteiger partial charge in [0.25, 0.3) is 0 Å². The molecular weight excluding hydrogens is 238 g/mol. The first-order valence-electron chi connectivity index (χ1n) is 5.41. The van der Waals surface area contributed by atoms with Gasteiger partial charge in [-0.25, -0.2) is 13.1 Å². The average molecular weight is 257 g/mol. The van der Waals surface area contributed by atoms with Crippen LogP contribution >= 0.6 is 0 Å². The van der Waals surface area contributed by atoms with E-state index in [1.165, 1.54) is 7.05 Å². The van der Waals surface area contributed by atoms with E-state index < -0.39 is 10.0 Å². The second kappa shape index (κ2) is 5.48. The fourth-order valence-electron chi connectivity index (χ4n) is 1.43. The predicted octanol–water partition coefficient (Wildman–Crippen LogP) is 0.662. The highest BCUT2D eigenvalue weighted by Crippen LogP contribution is 2.20. The van der Waals surface area contributed by atoms with E-state index >= 15 is 0 Å². The van der Waals surface area contributed by atoms with Crippen LogP contribution in [0.25, 0.3) is 0 Å². The van der Waals surface area contributed by atoms with E-state index in [-0.39, 0.29) is 10.9 Å². The minimum Gasteiger partial charge on any atom is -0.381 e. The van der Waals surface area contributed by atoms with E-state index in [0.29, 0.717) is 12.1 Å². The molecule has 1 rings (SSSR count). The van der Waals surface area contributed by atoms with Crippen molar-refractivity contribution in [2.75, 3.05) is 18.9 Å². The van der Waals surface area contributed by atoms with Crippen molar-refractivity contribution in [2.45, 2.75) is 24.8 Å². The van der Waals surface area contributed by atoms with E-state index in [1.54, 1.807) is 19.1 Å². The summed E-state index contributed by atoms with van der Waals surface area (Å²) in [7, 11) is -2.01. The molecule has 0 saturated carbocycles. The number of sulfonamides is 1. The van der Waals surface area contributed by atoms with Crippen LogP contribution < -0.4 is 15.8 Å². The van der Waals surface area contributed by atoms with Crippen LogP contribution in [-0.4, -0.2) is 28.1 Å². The maximum absolute atomic E-state index is 11.8. The average Bonchev–Trinajstić information content (AvgIpc) is 2.31. The van der Waals surface area contributed by atoms with Gasteiger partial charge in [0.15, 0.2) is 0 Å². The van der Waals surface area contributed by atoms with Crippen LogP contribution in [0, 0.1) is 6.92 Å². The number of nitrogens with one attached hydrogen (secondary N) is 2. The van der Waals surface area contributed by atoms with Crippen molar-refractivity contribution < 1.29 is 8.42 Å². The predicted molar refractivity (Wildman–Crippen MR) is 69.6 cm³/mol. The SMILES string of the molecule is CNS(=O)(=O)c1cc(NC(C)CN)ccc1C. The number of hydrogen-bond acceptors (Lipinski definition) is 4. The lowest BCUT2D eigenvalue weighted by atomic mass is 10.2. The lowest BCUT2D eigenvalue weighted by molar-refractivity contribution is 0.587. The van der Waals surface area contributed by atoms with Crippen LogP contribution in [0.5, 0.6) is 0 Å².